The summed E-state index contributed by atoms with van der Waals surface area (Å²) in [4.78, 5) is 25.9. The molecular weight excluding hydrogens is 254 g/mol. The number of rotatable bonds is 3. The molecule has 1 fully saturated rings. The molecule has 0 saturated carbocycles. The third kappa shape index (κ3) is 3.00. The monoisotopic (exact) mass is 275 g/mol. The van der Waals surface area contributed by atoms with E-state index in [9.17, 15) is 9.59 Å². The van der Waals surface area contributed by atoms with Crippen molar-refractivity contribution in [3.63, 3.8) is 0 Å². The number of amides is 1. The zero-order chi connectivity index (χ0) is 14.5. The SMILES string of the molecule is COC(=O)[C@H](c1ccccc1)[C@H]1CCCCN1C(C)=O. The van der Waals surface area contributed by atoms with Crippen molar-refractivity contribution in [2.24, 2.45) is 0 Å². The van der Waals surface area contributed by atoms with E-state index in [0.717, 1.165) is 31.4 Å². The number of hydrogen-bond donors (Lipinski definition) is 0. The second-order valence-electron chi connectivity index (χ2n) is 5.19. The Morgan fingerprint density at radius 2 is 1.95 bits per heavy atom. The van der Waals surface area contributed by atoms with Crippen molar-refractivity contribution in [1.29, 1.82) is 0 Å². The third-order valence-corrected chi connectivity index (χ3v) is 3.95. The quantitative estimate of drug-likeness (QED) is 0.795. The van der Waals surface area contributed by atoms with Gasteiger partial charge >= 0.3 is 5.97 Å². The van der Waals surface area contributed by atoms with Gasteiger partial charge in [-0.25, -0.2) is 0 Å². The summed E-state index contributed by atoms with van der Waals surface area (Å²) in [5.41, 5.74) is 0.914. The Morgan fingerprint density at radius 1 is 1.25 bits per heavy atom. The molecule has 1 heterocycles. The Labute approximate surface area is 119 Å². The maximum atomic E-state index is 12.2. The highest BCUT2D eigenvalue weighted by Gasteiger charge is 2.37. The Balaban J connectivity index is 2.35. The first-order valence-corrected chi connectivity index (χ1v) is 7.05. The highest BCUT2D eigenvalue weighted by Crippen LogP contribution is 2.31. The highest BCUT2D eigenvalue weighted by atomic mass is 16.5. The molecule has 0 radical (unpaired) electrons. The topological polar surface area (TPSA) is 46.6 Å². The van der Waals surface area contributed by atoms with E-state index in [4.69, 9.17) is 4.74 Å². The Kier molecular flexibility index (Phi) is 4.77. The van der Waals surface area contributed by atoms with Crippen molar-refractivity contribution < 1.29 is 14.3 Å². The second kappa shape index (κ2) is 6.55. The Bertz CT molecular complexity index is 472. The lowest BCUT2D eigenvalue weighted by Gasteiger charge is -2.39. The van der Waals surface area contributed by atoms with E-state index >= 15 is 0 Å². The molecule has 0 aliphatic carbocycles. The van der Waals surface area contributed by atoms with Crippen molar-refractivity contribution in [2.75, 3.05) is 13.7 Å². The average Bonchev–Trinajstić information content (AvgIpc) is 2.48. The van der Waals surface area contributed by atoms with E-state index in [1.807, 2.05) is 35.2 Å². The zero-order valence-corrected chi connectivity index (χ0v) is 12.0. The molecule has 1 saturated heterocycles. The van der Waals surface area contributed by atoms with Crippen LogP contribution in [-0.2, 0) is 14.3 Å². The number of hydrogen-bond acceptors (Lipinski definition) is 3. The van der Waals surface area contributed by atoms with Crippen LogP contribution in [0.4, 0.5) is 0 Å². The molecule has 1 aliphatic heterocycles. The number of carbonyl (C=O) groups excluding carboxylic acids is 2. The fraction of sp³-hybridized carbons (Fsp3) is 0.500. The summed E-state index contributed by atoms with van der Waals surface area (Å²) in [5, 5.41) is 0. The predicted molar refractivity (Wildman–Crippen MR) is 76.2 cm³/mol. The predicted octanol–water partition coefficient (Wildman–Crippen LogP) is 2.34. The summed E-state index contributed by atoms with van der Waals surface area (Å²) in [7, 11) is 1.40. The van der Waals surface area contributed by atoms with Crippen LogP contribution in [0.2, 0.25) is 0 Å². The largest absolute Gasteiger partial charge is 0.468 e. The first-order chi connectivity index (χ1) is 9.65. The molecule has 2 rings (SSSR count). The summed E-state index contributed by atoms with van der Waals surface area (Å²) >= 11 is 0. The first-order valence-electron chi connectivity index (χ1n) is 7.05. The molecule has 20 heavy (non-hydrogen) atoms. The lowest BCUT2D eigenvalue weighted by molar-refractivity contribution is -0.146. The molecule has 1 aliphatic rings. The summed E-state index contributed by atoms with van der Waals surface area (Å²) in [6, 6.07) is 9.49. The van der Waals surface area contributed by atoms with Crippen molar-refractivity contribution in [1.82, 2.24) is 4.90 Å². The van der Waals surface area contributed by atoms with Gasteiger partial charge in [-0.3, -0.25) is 9.59 Å². The third-order valence-electron chi connectivity index (χ3n) is 3.95. The fourth-order valence-corrected chi connectivity index (χ4v) is 3.00. The van der Waals surface area contributed by atoms with Gasteiger partial charge < -0.3 is 9.64 Å². The Hall–Kier alpha value is -1.84. The van der Waals surface area contributed by atoms with Gasteiger partial charge in [0.1, 0.15) is 5.92 Å². The minimum absolute atomic E-state index is 0.0273. The molecule has 0 spiro atoms. The number of ether oxygens (including phenoxy) is 1. The number of methoxy groups -OCH3 is 1. The van der Waals surface area contributed by atoms with Gasteiger partial charge in [-0.05, 0) is 24.8 Å². The molecular formula is C16H21NO3. The maximum Gasteiger partial charge on any atom is 0.315 e. The van der Waals surface area contributed by atoms with E-state index in [0.29, 0.717) is 0 Å². The summed E-state index contributed by atoms with van der Waals surface area (Å²) in [6.45, 7) is 2.29. The van der Waals surface area contributed by atoms with Gasteiger partial charge in [0.2, 0.25) is 5.91 Å². The van der Waals surface area contributed by atoms with E-state index in [1.54, 1.807) is 6.92 Å². The van der Waals surface area contributed by atoms with Crippen molar-refractivity contribution in [2.45, 2.75) is 38.1 Å². The van der Waals surface area contributed by atoms with Gasteiger partial charge in [-0.1, -0.05) is 30.3 Å². The molecule has 1 aromatic carbocycles. The van der Waals surface area contributed by atoms with Crippen LogP contribution >= 0.6 is 0 Å². The smallest absolute Gasteiger partial charge is 0.315 e. The minimum Gasteiger partial charge on any atom is -0.468 e. The number of likely N-dealkylation sites (tertiary alicyclic amines) is 1. The van der Waals surface area contributed by atoms with Gasteiger partial charge in [0.25, 0.3) is 0 Å². The van der Waals surface area contributed by atoms with Crippen LogP contribution < -0.4 is 0 Å². The molecule has 2 atom stereocenters. The zero-order valence-electron chi connectivity index (χ0n) is 12.0. The second-order valence-corrected chi connectivity index (χ2v) is 5.19. The van der Waals surface area contributed by atoms with Crippen molar-refractivity contribution in [3.8, 4) is 0 Å². The van der Waals surface area contributed by atoms with E-state index in [2.05, 4.69) is 0 Å². The number of nitrogens with zero attached hydrogens (tertiary/aromatic N) is 1. The van der Waals surface area contributed by atoms with Gasteiger partial charge in [-0.2, -0.15) is 0 Å². The Morgan fingerprint density at radius 3 is 2.55 bits per heavy atom. The number of benzene rings is 1. The van der Waals surface area contributed by atoms with Gasteiger partial charge in [0, 0.05) is 19.5 Å². The normalized spacial score (nSPS) is 20.3. The van der Waals surface area contributed by atoms with Crippen LogP contribution in [0.5, 0.6) is 0 Å². The van der Waals surface area contributed by atoms with Gasteiger partial charge in [0.15, 0.2) is 0 Å². The molecule has 0 N–H and O–H groups in total. The standard InChI is InChI=1S/C16H21NO3/c1-12(18)17-11-7-6-10-14(17)15(16(19)20-2)13-8-4-3-5-9-13/h3-5,8-9,14-15H,6-7,10-11H2,1-2H3/t14-,15-/m1/s1. The fourth-order valence-electron chi connectivity index (χ4n) is 3.00. The van der Waals surface area contributed by atoms with Crippen molar-refractivity contribution >= 4 is 11.9 Å². The van der Waals surface area contributed by atoms with Crippen LogP contribution in [0.3, 0.4) is 0 Å². The number of esters is 1. The molecule has 0 unspecified atom stereocenters. The lowest BCUT2D eigenvalue weighted by Crippen LogP contribution is -2.48. The molecule has 0 aromatic heterocycles. The number of carbonyl (C=O) groups is 2. The molecule has 1 aromatic rings. The van der Waals surface area contributed by atoms with E-state index < -0.39 is 5.92 Å². The molecule has 1 amide bonds. The van der Waals surface area contributed by atoms with Crippen LogP contribution in [0.25, 0.3) is 0 Å². The molecule has 4 heteroatoms. The molecule has 4 nitrogen and oxygen atoms in total. The van der Waals surface area contributed by atoms with Crippen molar-refractivity contribution in [3.05, 3.63) is 35.9 Å². The van der Waals surface area contributed by atoms with Gasteiger partial charge in [-0.15, -0.1) is 0 Å². The molecule has 108 valence electrons. The maximum absolute atomic E-state index is 12.2. The first kappa shape index (κ1) is 14.6. The lowest BCUT2D eigenvalue weighted by atomic mass is 9.85. The summed E-state index contributed by atoms with van der Waals surface area (Å²) in [6.07, 6.45) is 2.88. The minimum atomic E-state index is -0.398. The van der Waals surface area contributed by atoms with Crippen LogP contribution in [-0.4, -0.2) is 36.5 Å². The van der Waals surface area contributed by atoms with E-state index in [-0.39, 0.29) is 17.9 Å². The highest BCUT2D eigenvalue weighted by molar-refractivity contribution is 5.81. The number of piperidine rings is 1. The summed E-state index contributed by atoms with van der Waals surface area (Å²) in [5.74, 6) is -0.640. The molecule has 0 bridgehead atoms. The van der Waals surface area contributed by atoms with Crippen LogP contribution in [0.1, 0.15) is 37.7 Å². The van der Waals surface area contributed by atoms with Crippen LogP contribution in [0.15, 0.2) is 30.3 Å². The van der Waals surface area contributed by atoms with Crippen LogP contribution in [0, 0.1) is 0 Å². The van der Waals surface area contributed by atoms with Gasteiger partial charge in [0.05, 0.1) is 7.11 Å². The average molecular weight is 275 g/mol. The summed E-state index contributed by atoms with van der Waals surface area (Å²) < 4.78 is 4.97. The van der Waals surface area contributed by atoms with E-state index in [1.165, 1.54) is 7.11 Å².